The maximum absolute atomic E-state index is 12.7. The zero-order chi connectivity index (χ0) is 14.9. The van der Waals surface area contributed by atoms with E-state index in [1.807, 2.05) is 17.4 Å². The van der Waals surface area contributed by atoms with E-state index in [4.69, 9.17) is 0 Å². The molecule has 1 aliphatic carbocycles. The lowest BCUT2D eigenvalue weighted by Gasteiger charge is -2.36. The van der Waals surface area contributed by atoms with Crippen LogP contribution in [0, 0.1) is 0 Å². The van der Waals surface area contributed by atoms with E-state index in [0.29, 0.717) is 12.6 Å². The summed E-state index contributed by atoms with van der Waals surface area (Å²) in [6, 6.07) is 0.343. The number of carbonyl (C=O) groups is 1. The summed E-state index contributed by atoms with van der Waals surface area (Å²) in [5.74, 6) is 0.247. The van der Waals surface area contributed by atoms with Crippen LogP contribution in [0.4, 0.5) is 0 Å². The summed E-state index contributed by atoms with van der Waals surface area (Å²) in [6.45, 7) is 4.94. The molecule has 1 unspecified atom stereocenters. The second-order valence-electron chi connectivity index (χ2n) is 6.76. The molecule has 22 heavy (non-hydrogen) atoms. The molecule has 4 rings (SSSR count). The molecule has 0 spiro atoms. The molecule has 0 radical (unpaired) electrons. The predicted molar refractivity (Wildman–Crippen MR) is 84.3 cm³/mol. The molecule has 1 aromatic rings. The molecule has 3 heterocycles. The van der Waals surface area contributed by atoms with Gasteiger partial charge in [0.15, 0.2) is 0 Å². The van der Waals surface area contributed by atoms with Gasteiger partial charge in [-0.3, -0.25) is 4.79 Å². The lowest BCUT2D eigenvalue weighted by Crippen LogP contribution is -2.44. The molecule has 1 saturated heterocycles. The van der Waals surface area contributed by atoms with Gasteiger partial charge in [0, 0.05) is 24.9 Å². The molecule has 0 bridgehead atoms. The third kappa shape index (κ3) is 2.58. The Morgan fingerprint density at radius 2 is 2.14 bits per heavy atom. The lowest BCUT2D eigenvalue weighted by atomic mass is 10.1. The van der Waals surface area contributed by atoms with Crippen LogP contribution in [-0.2, 0) is 11.3 Å². The second kappa shape index (κ2) is 5.88. The molecule has 118 valence electrons. The van der Waals surface area contributed by atoms with Gasteiger partial charge in [0.05, 0.1) is 24.6 Å². The van der Waals surface area contributed by atoms with Crippen LogP contribution in [0.15, 0.2) is 24.2 Å². The van der Waals surface area contributed by atoms with Crippen molar-refractivity contribution in [1.29, 1.82) is 0 Å². The standard InChI is InChI=1S/C17H24N4O/c22-17(14-5-1-2-6-14)20-11-15-9-18-13-21(15)16(12-20)10-19-7-3-4-8-19/h5,9,13,16H,1-4,6-8,10-12H2. The first-order valence-corrected chi connectivity index (χ1v) is 8.52. The number of aromatic nitrogens is 2. The molecular formula is C17H24N4O. The lowest BCUT2D eigenvalue weighted by molar-refractivity contribution is -0.129. The molecule has 5 heteroatoms. The number of likely N-dealkylation sites (tertiary alicyclic amines) is 1. The van der Waals surface area contributed by atoms with Crippen LogP contribution in [0.2, 0.25) is 0 Å². The Morgan fingerprint density at radius 3 is 2.91 bits per heavy atom. The van der Waals surface area contributed by atoms with Crippen LogP contribution < -0.4 is 0 Å². The number of hydrogen-bond acceptors (Lipinski definition) is 3. The van der Waals surface area contributed by atoms with Crippen molar-refractivity contribution in [3.8, 4) is 0 Å². The van der Waals surface area contributed by atoms with E-state index in [2.05, 4.69) is 20.5 Å². The predicted octanol–water partition coefficient (Wildman–Crippen LogP) is 1.97. The van der Waals surface area contributed by atoms with Crippen molar-refractivity contribution in [2.24, 2.45) is 0 Å². The summed E-state index contributed by atoms with van der Waals surface area (Å²) in [7, 11) is 0. The Morgan fingerprint density at radius 1 is 1.27 bits per heavy atom. The topological polar surface area (TPSA) is 41.4 Å². The fourth-order valence-corrected chi connectivity index (χ4v) is 4.02. The Bertz CT molecular complexity index is 585. The highest BCUT2D eigenvalue weighted by Crippen LogP contribution is 2.27. The largest absolute Gasteiger partial charge is 0.331 e. The summed E-state index contributed by atoms with van der Waals surface area (Å²) in [5, 5.41) is 0. The monoisotopic (exact) mass is 300 g/mol. The van der Waals surface area contributed by atoms with Crippen molar-refractivity contribution < 1.29 is 4.79 Å². The minimum atomic E-state index is 0.247. The van der Waals surface area contributed by atoms with Gasteiger partial charge < -0.3 is 14.4 Å². The average molecular weight is 300 g/mol. The van der Waals surface area contributed by atoms with Gasteiger partial charge in [-0.25, -0.2) is 4.98 Å². The van der Waals surface area contributed by atoms with Crippen LogP contribution in [0.5, 0.6) is 0 Å². The highest BCUT2D eigenvalue weighted by Gasteiger charge is 2.31. The fourth-order valence-electron chi connectivity index (χ4n) is 4.02. The van der Waals surface area contributed by atoms with E-state index in [9.17, 15) is 4.79 Å². The van der Waals surface area contributed by atoms with Crippen LogP contribution >= 0.6 is 0 Å². The van der Waals surface area contributed by atoms with E-state index >= 15 is 0 Å². The van der Waals surface area contributed by atoms with E-state index < -0.39 is 0 Å². The summed E-state index contributed by atoms with van der Waals surface area (Å²) < 4.78 is 2.28. The van der Waals surface area contributed by atoms with E-state index in [1.54, 1.807) is 0 Å². The average Bonchev–Trinajstić information content (AvgIpc) is 3.27. The number of hydrogen-bond donors (Lipinski definition) is 0. The number of carbonyl (C=O) groups excluding carboxylic acids is 1. The number of amides is 1. The van der Waals surface area contributed by atoms with Gasteiger partial charge in [0.2, 0.25) is 5.91 Å². The summed E-state index contributed by atoms with van der Waals surface area (Å²) in [5.41, 5.74) is 2.19. The third-order valence-corrected chi connectivity index (χ3v) is 5.19. The molecule has 0 N–H and O–H groups in total. The summed E-state index contributed by atoms with van der Waals surface area (Å²) in [4.78, 5) is 21.6. The maximum Gasteiger partial charge on any atom is 0.249 e. The summed E-state index contributed by atoms with van der Waals surface area (Å²) in [6.07, 6.45) is 11.7. The Balaban J connectivity index is 1.52. The van der Waals surface area contributed by atoms with Gasteiger partial charge in [-0.05, 0) is 45.2 Å². The van der Waals surface area contributed by atoms with Gasteiger partial charge in [-0.1, -0.05) is 6.08 Å². The fraction of sp³-hybridized carbons (Fsp3) is 0.647. The molecule has 0 aromatic carbocycles. The number of nitrogens with zero attached hydrogens (tertiary/aromatic N) is 4. The SMILES string of the molecule is O=C(C1=CCCC1)N1Cc2cncn2C(CN2CCCC2)C1. The quantitative estimate of drug-likeness (QED) is 0.857. The third-order valence-electron chi connectivity index (χ3n) is 5.19. The van der Waals surface area contributed by atoms with Crippen LogP contribution in [-0.4, -0.2) is 51.4 Å². The van der Waals surface area contributed by atoms with Gasteiger partial charge in [0.1, 0.15) is 0 Å². The van der Waals surface area contributed by atoms with E-state index in [0.717, 1.165) is 37.9 Å². The first kappa shape index (κ1) is 14.0. The molecule has 1 fully saturated rings. The van der Waals surface area contributed by atoms with Gasteiger partial charge >= 0.3 is 0 Å². The van der Waals surface area contributed by atoms with Crippen molar-refractivity contribution in [3.05, 3.63) is 29.9 Å². The van der Waals surface area contributed by atoms with Gasteiger partial charge in [-0.2, -0.15) is 0 Å². The molecule has 0 saturated carbocycles. The van der Waals surface area contributed by atoms with E-state index in [1.165, 1.54) is 31.6 Å². The Labute approximate surface area is 131 Å². The zero-order valence-corrected chi connectivity index (χ0v) is 13.1. The van der Waals surface area contributed by atoms with E-state index in [-0.39, 0.29) is 5.91 Å². The van der Waals surface area contributed by atoms with Crippen LogP contribution in [0.1, 0.15) is 43.8 Å². The number of allylic oxidation sites excluding steroid dienone is 1. The smallest absolute Gasteiger partial charge is 0.249 e. The first-order valence-electron chi connectivity index (χ1n) is 8.52. The minimum absolute atomic E-state index is 0.247. The normalized spacial score (nSPS) is 25.4. The highest BCUT2D eigenvalue weighted by atomic mass is 16.2. The molecule has 5 nitrogen and oxygen atoms in total. The van der Waals surface area contributed by atoms with Crippen molar-refractivity contribution >= 4 is 5.91 Å². The minimum Gasteiger partial charge on any atom is -0.331 e. The molecule has 2 aliphatic heterocycles. The molecule has 1 aromatic heterocycles. The van der Waals surface area contributed by atoms with Crippen molar-refractivity contribution in [3.63, 3.8) is 0 Å². The first-order chi connectivity index (χ1) is 10.8. The maximum atomic E-state index is 12.7. The molecule has 1 amide bonds. The number of rotatable bonds is 3. The van der Waals surface area contributed by atoms with Gasteiger partial charge in [0.25, 0.3) is 0 Å². The number of imidazole rings is 1. The molecule has 3 aliphatic rings. The van der Waals surface area contributed by atoms with Gasteiger partial charge in [-0.15, -0.1) is 0 Å². The summed E-state index contributed by atoms with van der Waals surface area (Å²) >= 11 is 0. The second-order valence-corrected chi connectivity index (χ2v) is 6.76. The molecule has 1 atom stereocenters. The van der Waals surface area contributed by atoms with Crippen LogP contribution in [0.3, 0.4) is 0 Å². The number of fused-ring (bicyclic) bond motifs is 1. The Kier molecular flexibility index (Phi) is 3.74. The highest BCUT2D eigenvalue weighted by molar-refractivity contribution is 5.93. The van der Waals surface area contributed by atoms with Crippen molar-refractivity contribution in [1.82, 2.24) is 19.4 Å². The molecular weight excluding hydrogens is 276 g/mol. The van der Waals surface area contributed by atoms with Crippen LogP contribution in [0.25, 0.3) is 0 Å². The van der Waals surface area contributed by atoms with Crippen molar-refractivity contribution in [2.75, 3.05) is 26.2 Å². The zero-order valence-electron chi connectivity index (χ0n) is 13.1. The Hall–Kier alpha value is -1.62. The van der Waals surface area contributed by atoms with Crippen molar-refractivity contribution in [2.45, 2.75) is 44.7 Å².